The lowest BCUT2D eigenvalue weighted by Gasteiger charge is -2.20. The van der Waals surface area contributed by atoms with Crippen molar-refractivity contribution < 1.29 is 22.4 Å². The van der Waals surface area contributed by atoms with E-state index in [0.29, 0.717) is 5.39 Å². The van der Waals surface area contributed by atoms with Crippen molar-refractivity contribution in [3.8, 4) is 0 Å². The molecule has 3 aromatic rings. The summed E-state index contributed by atoms with van der Waals surface area (Å²) in [5.41, 5.74) is 1.65. The maximum Gasteiger partial charge on any atom is 0.433 e. The zero-order valence-corrected chi connectivity index (χ0v) is 12.3. The maximum absolute atomic E-state index is 12.7. The van der Waals surface area contributed by atoms with Gasteiger partial charge in [-0.25, -0.2) is 9.97 Å². The molecule has 0 unspecified atom stereocenters. The summed E-state index contributed by atoms with van der Waals surface area (Å²) in [6.07, 6.45) is -1.86. The number of fused-ring (bicyclic) bond motifs is 1. The molecular weight excluding hydrogens is 325 g/mol. The van der Waals surface area contributed by atoms with Crippen LogP contribution in [0.2, 0.25) is 0 Å². The molecule has 0 atom stereocenters. The smallest absolute Gasteiger partial charge is 0.433 e. The standard InChI is InChI=1S/C15H11F3N4O2/c1-22(21-14(23)11-3-2-8-24-11)13-9-4-5-12(15(16,17)18)20-10(9)6-7-19-13/h2-8H,1H3,(H,21,23). The Labute approximate surface area is 133 Å². The fourth-order valence-electron chi connectivity index (χ4n) is 2.13. The lowest BCUT2D eigenvalue weighted by molar-refractivity contribution is -0.140. The fraction of sp³-hybridized carbons (Fsp3) is 0.133. The number of carbonyl (C=O) groups excluding carboxylic acids is 1. The summed E-state index contributed by atoms with van der Waals surface area (Å²) in [6.45, 7) is 0. The molecule has 0 saturated heterocycles. The van der Waals surface area contributed by atoms with E-state index < -0.39 is 17.8 Å². The highest BCUT2D eigenvalue weighted by Gasteiger charge is 2.32. The first-order chi connectivity index (χ1) is 11.4. The van der Waals surface area contributed by atoms with Crippen LogP contribution in [0.3, 0.4) is 0 Å². The Morgan fingerprint density at radius 3 is 2.71 bits per heavy atom. The van der Waals surface area contributed by atoms with Crippen LogP contribution in [-0.4, -0.2) is 22.9 Å². The van der Waals surface area contributed by atoms with Crippen LogP contribution < -0.4 is 10.4 Å². The van der Waals surface area contributed by atoms with E-state index in [1.54, 1.807) is 6.07 Å². The third kappa shape index (κ3) is 3.00. The number of alkyl halides is 3. The molecule has 9 heteroatoms. The van der Waals surface area contributed by atoms with Gasteiger partial charge in [-0.05, 0) is 30.3 Å². The third-order valence-corrected chi connectivity index (χ3v) is 3.22. The predicted octanol–water partition coefficient (Wildman–Crippen LogP) is 3.02. The van der Waals surface area contributed by atoms with Gasteiger partial charge >= 0.3 is 12.1 Å². The first-order valence-electron chi connectivity index (χ1n) is 6.77. The summed E-state index contributed by atoms with van der Waals surface area (Å²) in [7, 11) is 1.51. The first kappa shape index (κ1) is 15.8. The Bertz CT molecular complexity index is 878. The number of nitrogens with zero attached hydrogens (tertiary/aromatic N) is 3. The number of aromatic nitrogens is 2. The average Bonchev–Trinajstić information content (AvgIpc) is 3.07. The van der Waals surface area contributed by atoms with Crippen molar-refractivity contribution in [3.63, 3.8) is 0 Å². The number of rotatable bonds is 3. The molecule has 24 heavy (non-hydrogen) atoms. The molecule has 0 aliphatic heterocycles. The molecule has 0 spiro atoms. The van der Waals surface area contributed by atoms with Crippen molar-refractivity contribution >= 4 is 22.6 Å². The highest BCUT2D eigenvalue weighted by atomic mass is 19.4. The van der Waals surface area contributed by atoms with Gasteiger partial charge in [0.15, 0.2) is 11.6 Å². The molecule has 3 heterocycles. The van der Waals surface area contributed by atoms with E-state index >= 15 is 0 Å². The molecular formula is C15H11F3N4O2. The fourth-order valence-corrected chi connectivity index (χ4v) is 2.13. The zero-order chi connectivity index (χ0) is 17.3. The van der Waals surface area contributed by atoms with Gasteiger partial charge in [-0.1, -0.05) is 0 Å². The first-order valence-corrected chi connectivity index (χ1v) is 6.77. The molecule has 124 valence electrons. The summed E-state index contributed by atoms with van der Waals surface area (Å²) in [5, 5.41) is 1.66. The summed E-state index contributed by atoms with van der Waals surface area (Å²) >= 11 is 0. The second kappa shape index (κ2) is 5.84. The van der Waals surface area contributed by atoms with Gasteiger partial charge in [0.25, 0.3) is 0 Å². The number of carbonyl (C=O) groups is 1. The van der Waals surface area contributed by atoms with Crippen molar-refractivity contribution in [3.05, 3.63) is 54.2 Å². The topological polar surface area (TPSA) is 71.3 Å². The molecule has 0 aromatic carbocycles. The van der Waals surface area contributed by atoms with Crippen molar-refractivity contribution in [2.24, 2.45) is 0 Å². The Balaban J connectivity index is 1.93. The molecule has 1 N–H and O–H groups in total. The Kier molecular flexibility index (Phi) is 3.84. The lowest BCUT2D eigenvalue weighted by atomic mass is 10.2. The number of hydrogen-bond acceptors (Lipinski definition) is 5. The molecule has 1 amide bonds. The number of hydrogen-bond donors (Lipinski definition) is 1. The van der Waals surface area contributed by atoms with Gasteiger partial charge in [0.2, 0.25) is 0 Å². The van der Waals surface area contributed by atoms with Crippen LogP contribution in [0, 0.1) is 0 Å². The second-order valence-electron chi connectivity index (χ2n) is 4.87. The van der Waals surface area contributed by atoms with Crippen LogP contribution in [0.4, 0.5) is 19.0 Å². The SMILES string of the molecule is CN(NC(=O)c1ccco1)c1nccc2nc(C(F)(F)F)ccc12. The number of hydrazine groups is 1. The Hall–Kier alpha value is -3.10. The van der Waals surface area contributed by atoms with Gasteiger partial charge in [-0.15, -0.1) is 0 Å². The van der Waals surface area contributed by atoms with Crippen LogP contribution in [-0.2, 0) is 6.18 Å². The third-order valence-electron chi connectivity index (χ3n) is 3.22. The second-order valence-corrected chi connectivity index (χ2v) is 4.87. The van der Waals surface area contributed by atoms with Gasteiger partial charge < -0.3 is 4.42 Å². The zero-order valence-electron chi connectivity index (χ0n) is 12.3. The molecule has 6 nitrogen and oxygen atoms in total. The molecule has 0 saturated carbocycles. The van der Waals surface area contributed by atoms with Crippen LogP contribution in [0.25, 0.3) is 10.9 Å². The van der Waals surface area contributed by atoms with E-state index in [1.165, 1.54) is 42.7 Å². The van der Waals surface area contributed by atoms with Crippen molar-refractivity contribution in [1.29, 1.82) is 0 Å². The van der Waals surface area contributed by atoms with E-state index in [0.717, 1.165) is 6.07 Å². The van der Waals surface area contributed by atoms with E-state index in [1.807, 2.05) is 0 Å². The number of halogens is 3. The van der Waals surface area contributed by atoms with Gasteiger partial charge in [0.05, 0.1) is 11.8 Å². The largest absolute Gasteiger partial charge is 0.459 e. The highest BCUT2D eigenvalue weighted by molar-refractivity contribution is 5.94. The van der Waals surface area contributed by atoms with Crippen LogP contribution in [0.15, 0.2) is 47.2 Å². The minimum Gasteiger partial charge on any atom is -0.459 e. The molecule has 0 bridgehead atoms. The van der Waals surface area contributed by atoms with E-state index in [2.05, 4.69) is 15.4 Å². The van der Waals surface area contributed by atoms with Crippen LogP contribution >= 0.6 is 0 Å². The molecule has 0 radical (unpaired) electrons. The summed E-state index contributed by atoms with van der Waals surface area (Å²) in [4.78, 5) is 19.7. The van der Waals surface area contributed by atoms with Gasteiger partial charge in [-0.2, -0.15) is 13.2 Å². The highest BCUT2D eigenvalue weighted by Crippen LogP contribution is 2.30. The van der Waals surface area contributed by atoms with Gasteiger partial charge in [0, 0.05) is 18.6 Å². The minimum absolute atomic E-state index is 0.0968. The van der Waals surface area contributed by atoms with Crippen LogP contribution in [0.5, 0.6) is 0 Å². The van der Waals surface area contributed by atoms with Crippen molar-refractivity contribution in [2.45, 2.75) is 6.18 Å². The number of nitrogens with one attached hydrogen (secondary N) is 1. The van der Waals surface area contributed by atoms with Crippen molar-refractivity contribution in [2.75, 3.05) is 12.1 Å². The predicted molar refractivity (Wildman–Crippen MR) is 79.1 cm³/mol. The molecule has 3 aromatic heterocycles. The van der Waals surface area contributed by atoms with Crippen molar-refractivity contribution in [1.82, 2.24) is 15.4 Å². The summed E-state index contributed by atoms with van der Waals surface area (Å²) in [5.74, 6) is -0.158. The Morgan fingerprint density at radius 1 is 1.25 bits per heavy atom. The van der Waals surface area contributed by atoms with Gasteiger partial charge in [-0.3, -0.25) is 15.2 Å². The van der Waals surface area contributed by atoms with E-state index in [-0.39, 0.29) is 17.1 Å². The minimum atomic E-state index is -4.53. The van der Waals surface area contributed by atoms with E-state index in [4.69, 9.17) is 4.42 Å². The lowest BCUT2D eigenvalue weighted by Crippen LogP contribution is -2.39. The number of amides is 1. The summed E-state index contributed by atoms with van der Waals surface area (Å²) < 4.78 is 43.2. The molecule has 0 fully saturated rings. The monoisotopic (exact) mass is 336 g/mol. The number of pyridine rings is 2. The average molecular weight is 336 g/mol. The maximum atomic E-state index is 12.7. The summed E-state index contributed by atoms with van der Waals surface area (Å²) in [6, 6.07) is 6.56. The molecule has 0 aliphatic rings. The Morgan fingerprint density at radius 2 is 2.04 bits per heavy atom. The number of anilines is 1. The van der Waals surface area contributed by atoms with E-state index in [9.17, 15) is 18.0 Å². The number of furan rings is 1. The molecule has 3 rings (SSSR count). The van der Waals surface area contributed by atoms with Crippen LogP contribution in [0.1, 0.15) is 16.2 Å². The normalized spacial score (nSPS) is 11.5. The molecule has 0 aliphatic carbocycles. The quantitative estimate of drug-likeness (QED) is 0.745. The van der Waals surface area contributed by atoms with Gasteiger partial charge in [0.1, 0.15) is 5.69 Å².